The summed E-state index contributed by atoms with van der Waals surface area (Å²) in [4.78, 5) is 18.8. The zero-order chi connectivity index (χ0) is 19.2. The number of nitrogens with one attached hydrogen (secondary N) is 2. The SMILES string of the molecule is CCNC(=NCc1cccc2ccccc12)N(C)CC(=O)NC(C)(C)C. The Kier molecular flexibility index (Phi) is 6.61. The second kappa shape index (κ2) is 8.70. The highest BCUT2D eigenvalue weighted by molar-refractivity contribution is 5.88. The van der Waals surface area contributed by atoms with Crippen LogP contribution in [0, 0.1) is 0 Å². The van der Waals surface area contributed by atoms with Crippen LogP contribution >= 0.6 is 0 Å². The van der Waals surface area contributed by atoms with Crippen molar-refractivity contribution in [3.8, 4) is 0 Å². The molecule has 2 N–H and O–H groups in total. The Hall–Kier alpha value is -2.56. The number of rotatable bonds is 5. The van der Waals surface area contributed by atoms with Crippen molar-refractivity contribution in [3.05, 3.63) is 48.0 Å². The number of benzene rings is 2. The van der Waals surface area contributed by atoms with Gasteiger partial charge in [-0.2, -0.15) is 0 Å². The molecule has 2 rings (SSSR count). The highest BCUT2D eigenvalue weighted by Gasteiger charge is 2.16. The molecule has 26 heavy (non-hydrogen) atoms. The average Bonchev–Trinajstić information content (AvgIpc) is 2.56. The average molecular weight is 354 g/mol. The second-order valence-electron chi connectivity index (χ2n) is 7.46. The number of nitrogens with zero attached hydrogens (tertiary/aromatic N) is 2. The number of carbonyl (C=O) groups excluding carboxylic acids is 1. The zero-order valence-corrected chi connectivity index (χ0v) is 16.5. The summed E-state index contributed by atoms with van der Waals surface area (Å²) in [7, 11) is 1.88. The van der Waals surface area contributed by atoms with Gasteiger partial charge in [-0.05, 0) is 44.0 Å². The van der Waals surface area contributed by atoms with E-state index in [1.54, 1.807) is 0 Å². The Morgan fingerprint density at radius 1 is 1.12 bits per heavy atom. The van der Waals surface area contributed by atoms with Crippen LogP contribution in [0.2, 0.25) is 0 Å². The quantitative estimate of drug-likeness (QED) is 0.641. The summed E-state index contributed by atoms with van der Waals surface area (Å²) in [6, 6.07) is 14.6. The lowest BCUT2D eigenvalue weighted by atomic mass is 10.1. The largest absolute Gasteiger partial charge is 0.357 e. The second-order valence-corrected chi connectivity index (χ2v) is 7.46. The Morgan fingerprint density at radius 3 is 2.50 bits per heavy atom. The first-order valence-electron chi connectivity index (χ1n) is 9.07. The lowest BCUT2D eigenvalue weighted by Crippen LogP contribution is -2.48. The van der Waals surface area contributed by atoms with E-state index in [4.69, 9.17) is 4.99 Å². The number of likely N-dealkylation sites (N-methyl/N-ethyl adjacent to an activating group) is 1. The number of fused-ring (bicyclic) bond motifs is 1. The van der Waals surface area contributed by atoms with Gasteiger partial charge in [0.05, 0.1) is 13.1 Å². The molecule has 0 atom stereocenters. The molecule has 0 saturated heterocycles. The maximum Gasteiger partial charge on any atom is 0.240 e. The smallest absolute Gasteiger partial charge is 0.240 e. The van der Waals surface area contributed by atoms with Crippen molar-refractivity contribution in [3.63, 3.8) is 0 Å². The van der Waals surface area contributed by atoms with E-state index in [0.717, 1.165) is 12.5 Å². The summed E-state index contributed by atoms with van der Waals surface area (Å²) in [5.41, 5.74) is 0.933. The highest BCUT2D eigenvalue weighted by Crippen LogP contribution is 2.19. The fraction of sp³-hybridized carbons (Fsp3) is 0.429. The molecule has 0 fully saturated rings. The highest BCUT2D eigenvalue weighted by atomic mass is 16.2. The topological polar surface area (TPSA) is 56.7 Å². The van der Waals surface area contributed by atoms with Crippen molar-refractivity contribution in [2.24, 2.45) is 4.99 Å². The third-order valence-electron chi connectivity index (χ3n) is 3.87. The first-order chi connectivity index (χ1) is 12.3. The first kappa shape index (κ1) is 19.8. The standard InChI is InChI=1S/C21H30N4O/c1-6-22-20(25(5)15-19(26)24-21(2,3)4)23-14-17-12-9-11-16-10-7-8-13-18(16)17/h7-13H,6,14-15H2,1-5H3,(H,22,23)(H,24,26). The summed E-state index contributed by atoms with van der Waals surface area (Å²) in [6.07, 6.45) is 0. The molecule has 0 spiro atoms. The Balaban J connectivity index is 2.13. The van der Waals surface area contributed by atoms with Crippen LogP contribution < -0.4 is 10.6 Å². The van der Waals surface area contributed by atoms with E-state index in [0.29, 0.717) is 6.54 Å². The minimum absolute atomic E-state index is 0.0178. The molecule has 0 radical (unpaired) electrons. The summed E-state index contributed by atoms with van der Waals surface area (Å²) in [5.74, 6) is 0.709. The lowest BCUT2D eigenvalue weighted by Gasteiger charge is -2.25. The molecule has 0 unspecified atom stereocenters. The van der Waals surface area contributed by atoms with Gasteiger partial charge in [0.15, 0.2) is 5.96 Å². The van der Waals surface area contributed by atoms with Crippen molar-refractivity contribution in [1.82, 2.24) is 15.5 Å². The van der Waals surface area contributed by atoms with Crippen molar-refractivity contribution < 1.29 is 4.79 Å². The number of carbonyl (C=O) groups is 1. The third-order valence-corrected chi connectivity index (χ3v) is 3.87. The molecule has 0 aliphatic rings. The molecule has 1 amide bonds. The van der Waals surface area contributed by atoms with Gasteiger partial charge < -0.3 is 15.5 Å². The molecule has 2 aromatic carbocycles. The number of guanidine groups is 1. The van der Waals surface area contributed by atoms with Crippen molar-refractivity contribution >= 4 is 22.6 Å². The Morgan fingerprint density at radius 2 is 1.81 bits per heavy atom. The van der Waals surface area contributed by atoms with E-state index in [9.17, 15) is 4.79 Å². The Labute approximate surface area is 156 Å². The minimum Gasteiger partial charge on any atom is -0.357 e. The summed E-state index contributed by atoms with van der Waals surface area (Å²) in [6.45, 7) is 9.53. The van der Waals surface area contributed by atoms with E-state index < -0.39 is 0 Å². The fourth-order valence-corrected chi connectivity index (χ4v) is 2.81. The van der Waals surface area contributed by atoms with Gasteiger partial charge >= 0.3 is 0 Å². The van der Waals surface area contributed by atoms with Gasteiger partial charge in [0.2, 0.25) is 5.91 Å². The monoisotopic (exact) mass is 354 g/mol. The number of hydrogen-bond donors (Lipinski definition) is 2. The van der Waals surface area contributed by atoms with Gasteiger partial charge in [-0.3, -0.25) is 4.79 Å². The van der Waals surface area contributed by atoms with E-state index >= 15 is 0 Å². The van der Waals surface area contributed by atoms with Crippen molar-refractivity contribution in [1.29, 1.82) is 0 Å². The van der Waals surface area contributed by atoms with Crippen LogP contribution in [0.5, 0.6) is 0 Å². The fourth-order valence-electron chi connectivity index (χ4n) is 2.81. The molecule has 0 aromatic heterocycles. The van der Waals surface area contributed by atoms with Gasteiger partial charge in [0, 0.05) is 19.1 Å². The maximum absolute atomic E-state index is 12.2. The van der Waals surface area contributed by atoms with Gasteiger partial charge in [0.25, 0.3) is 0 Å². The summed E-state index contributed by atoms with van der Waals surface area (Å²) < 4.78 is 0. The molecule has 0 bridgehead atoms. The van der Waals surface area contributed by atoms with Crippen LogP contribution in [0.4, 0.5) is 0 Å². The zero-order valence-electron chi connectivity index (χ0n) is 16.5. The van der Waals surface area contributed by atoms with Crippen LogP contribution in [-0.4, -0.2) is 42.4 Å². The molecule has 0 heterocycles. The first-order valence-corrected chi connectivity index (χ1v) is 9.07. The number of aliphatic imine (C=N–C) groups is 1. The van der Waals surface area contributed by atoms with Gasteiger partial charge in [-0.15, -0.1) is 0 Å². The van der Waals surface area contributed by atoms with Crippen LogP contribution in [0.3, 0.4) is 0 Å². The summed E-state index contributed by atoms with van der Waals surface area (Å²) in [5, 5.41) is 8.67. The van der Waals surface area contributed by atoms with E-state index in [2.05, 4.69) is 41.0 Å². The Bertz CT molecular complexity index is 772. The minimum atomic E-state index is -0.240. The number of amides is 1. The molecule has 0 aliphatic heterocycles. The van der Waals surface area contributed by atoms with E-state index in [1.807, 2.05) is 51.8 Å². The predicted octanol–water partition coefficient (Wildman–Crippen LogP) is 3.15. The van der Waals surface area contributed by atoms with Crippen LogP contribution in [-0.2, 0) is 11.3 Å². The molecule has 5 heteroatoms. The van der Waals surface area contributed by atoms with E-state index in [-0.39, 0.29) is 18.0 Å². The molecular formula is C21H30N4O. The van der Waals surface area contributed by atoms with Gasteiger partial charge in [0.1, 0.15) is 0 Å². The molecule has 140 valence electrons. The van der Waals surface area contributed by atoms with Crippen LogP contribution in [0.15, 0.2) is 47.5 Å². The predicted molar refractivity (Wildman–Crippen MR) is 109 cm³/mol. The molecule has 0 saturated carbocycles. The van der Waals surface area contributed by atoms with E-state index in [1.165, 1.54) is 16.3 Å². The van der Waals surface area contributed by atoms with Gasteiger partial charge in [-0.1, -0.05) is 42.5 Å². The van der Waals surface area contributed by atoms with Crippen molar-refractivity contribution in [2.75, 3.05) is 20.1 Å². The molecule has 0 aliphatic carbocycles. The maximum atomic E-state index is 12.2. The normalized spacial score (nSPS) is 12.1. The molecule has 5 nitrogen and oxygen atoms in total. The molecular weight excluding hydrogens is 324 g/mol. The van der Waals surface area contributed by atoms with Crippen LogP contribution in [0.25, 0.3) is 10.8 Å². The van der Waals surface area contributed by atoms with Crippen LogP contribution in [0.1, 0.15) is 33.3 Å². The van der Waals surface area contributed by atoms with Crippen molar-refractivity contribution in [2.45, 2.75) is 39.8 Å². The third kappa shape index (κ3) is 5.76. The summed E-state index contributed by atoms with van der Waals surface area (Å²) >= 11 is 0. The lowest BCUT2D eigenvalue weighted by molar-refractivity contribution is -0.122. The van der Waals surface area contributed by atoms with Gasteiger partial charge in [-0.25, -0.2) is 4.99 Å². The number of hydrogen-bond acceptors (Lipinski definition) is 2. The molecule has 2 aromatic rings.